The van der Waals surface area contributed by atoms with Gasteiger partial charge in [0.2, 0.25) is 5.91 Å². The monoisotopic (exact) mass is 339 g/mol. The molecular formula is C22H29NO2. The predicted molar refractivity (Wildman–Crippen MR) is 103 cm³/mol. The summed E-state index contributed by atoms with van der Waals surface area (Å²) in [4.78, 5) is 12.1. The Morgan fingerprint density at radius 1 is 1.04 bits per heavy atom. The van der Waals surface area contributed by atoms with Gasteiger partial charge in [-0.15, -0.1) is 0 Å². The second-order valence-electron chi connectivity index (χ2n) is 7.43. The van der Waals surface area contributed by atoms with E-state index in [2.05, 4.69) is 50.4 Å². The Labute approximate surface area is 151 Å². The molecule has 0 aromatic heterocycles. The lowest BCUT2D eigenvalue weighted by Crippen LogP contribution is -2.26. The molecule has 2 aromatic rings. The van der Waals surface area contributed by atoms with Crippen LogP contribution in [-0.4, -0.2) is 12.5 Å². The largest absolute Gasteiger partial charge is 0.494 e. The van der Waals surface area contributed by atoms with Crippen molar-refractivity contribution in [2.24, 2.45) is 0 Å². The van der Waals surface area contributed by atoms with E-state index in [1.807, 2.05) is 37.3 Å². The first kappa shape index (κ1) is 19.0. The number of benzene rings is 2. The van der Waals surface area contributed by atoms with Gasteiger partial charge in [-0.25, -0.2) is 0 Å². The molecule has 0 heterocycles. The van der Waals surface area contributed by atoms with Crippen molar-refractivity contribution in [3.05, 3.63) is 65.7 Å². The lowest BCUT2D eigenvalue weighted by atomic mass is 9.86. The Bertz CT molecular complexity index is 657. The Hall–Kier alpha value is -2.29. The van der Waals surface area contributed by atoms with Crippen LogP contribution in [0.4, 0.5) is 0 Å². The molecule has 1 amide bonds. The van der Waals surface area contributed by atoms with Gasteiger partial charge in [-0.05, 0) is 42.0 Å². The molecule has 2 aromatic carbocycles. The Morgan fingerprint density at radius 3 is 2.28 bits per heavy atom. The first-order valence-electron chi connectivity index (χ1n) is 8.94. The summed E-state index contributed by atoms with van der Waals surface area (Å²) in [5, 5.41) is 3.06. The zero-order valence-corrected chi connectivity index (χ0v) is 15.7. The zero-order chi connectivity index (χ0) is 18.3. The summed E-state index contributed by atoms with van der Waals surface area (Å²) >= 11 is 0. The number of carbonyl (C=O) groups excluding carboxylic acids is 1. The molecule has 0 saturated heterocycles. The second-order valence-corrected chi connectivity index (χ2v) is 7.43. The molecule has 0 aliphatic heterocycles. The number of carbonyl (C=O) groups is 1. The van der Waals surface area contributed by atoms with E-state index in [0.29, 0.717) is 19.4 Å². The predicted octanol–water partition coefficient (Wildman–Crippen LogP) is 5.02. The summed E-state index contributed by atoms with van der Waals surface area (Å²) in [6, 6.07) is 18.2. The van der Waals surface area contributed by atoms with Gasteiger partial charge in [-0.2, -0.15) is 0 Å². The minimum atomic E-state index is 0.0107. The van der Waals surface area contributed by atoms with Crippen molar-refractivity contribution in [2.75, 3.05) is 6.61 Å². The highest BCUT2D eigenvalue weighted by atomic mass is 16.5. The first-order chi connectivity index (χ1) is 11.9. The molecule has 0 unspecified atom stereocenters. The van der Waals surface area contributed by atoms with Crippen molar-refractivity contribution in [3.63, 3.8) is 0 Å². The van der Waals surface area contributed by atoms with Gasteiger partial charge in [0.05, 0.1) is 12.6 Å². The topological polar surface area (TPSA) is 38.3 Å². The fraction of sp³-hybridized carbons (Fsp3) is 0.409. The van der Waals surface area contributed by atoms with Crippen molar-refractivity contribution < 1.29 is 9.53 Å². The van der Waals surface area contributed by atoms with Gasteiger partial charge in [0, 0.05) is 6.42 Å². The molecule has 1 N–H and O–H groups in total. The summed E-state index contributed by atoms with van der Waals surface area (Å²) < 4.78 is 5.61. The highest BCUT2D eigenvalue weighted by Gasteiger charge is 2.14. The van der Waals surface area contributed by atoms with Gasteiger partial charge in [0.15, 0.2) is 0 Å². The number of para-hydroxylation sites is 1. The molecule has 25 heavy (non-hydrogen) atoms. The van der Waals surface area contributed by atoms with Crippen LogP contribution >= 0.6 is 0 Å². The number of hydrogen-bond acceptors (Lipinski definition) is 2. The molecule has 0 aliphatic carbocycles. The maximum absolute atomic E-state index is 12.1. The van der Waals surface area contributed by atoms with Gasteiger partial charge in [-0.1, -0.05) is 63.2 Å². The smallest absolute Gasteiger partial charge is 0.220 e. The zero-order valence-electron chi connectivity index (χ0n) is 15.7. The third-order valence-corrected chi connectivity index (χ3v) is 4.21. The number of amides is 1. The molecule has 0 spiro atoms. The minimum Gasteiger partial charge on any atom is -0.494 e. The molecule has 3 heteroatoms. The van der Waals surface area contributed by atoms with Gasteiger partial charge >= 0.3 is 0 Å². The van der Waals surface area contributed by atoms with Crippen LogP contribution < -0.4 is 10.1 Å². The van der Waals surface area contributed by atoms with Crippen LogP contribution in [0.15, 0.2) is 54.6 Å². The van der Waals surface area contributed by atoms with Gasteiger partial charge in [0.1, 0.15) is 5.75 Å². The molecule has 0 fully saturated rings. The van der Waals surface area contributed by atoms with E-state index >= 15 is 0 Å². The van der Waals surface area contributed by atoms with Crippen molar-refractivity contribution >= 4 is 5.91 Å². The molecule has 134 valence electrons. The average Bonchev–Trinajstić information content (AvgIpc) is 2.59. The summed E-state index contributed by atoms with van der Waals surface area (Å²) in [6.45, 7) is 9.16. The molecule has 0 aliphatic rings. The number of ether oxygens (including phenoxy) is 1. The van der Waals surface area contributed by atoms with E-state index in [1.165, 1.54) is 5.56 Å². The molecule has 0 bridgehead atoms. The summed E-state index contributed by atoms with van der Waals surface area (Å²) in [7, 11) is 0. The van der Waals surface area contributed by atoms with E-state index in [0.717, 1.165) is 11.3 Å². The molecule has 0 radical (unpaired) electrons. The van der Waals surface area contributed by atoms with E-state index in [4.69, 9.17) is 4.74 Å². The SMILES string of the molecule is C[C@@H](NC(=O)CCCOc1ccccc1)c1ccc(C(C)(C)C)cc1. The van der Waals surface area contributed by atoms with Gasteiger partial charge in [0.25, 0.3) is 0 Å². The van der Waals surface area contributed by atoms with Crippen molar-refractivity contribution in [1.29, 1.82) is 0 Å². The molecule has 3 nitrogen and oxygen atoms in total. The van der Waals surface area contributed by atoms with E-state index in [1.54, 1.807) is 0 Å². The highest BCUT2D eigenvalue weighted by molar-refractivity contribution is 5.76. The lowest BCUT2D eigenvalue weighted by molar-refractivity contribution is -0.121. The molecule has 1 atom stereocenters. The average molecular weight is 339 g/mol. The van der Waals surface area contributed by atoms with E-state index in [9.17, 15) is 4.79 Å². The maximum atomic E-state index is 12.1. The van der Waals surface area contributed by atoms with Crippen LogP contribution in [0.3, 0.4) is 0 Å². The number of hydrogen-bond donors (Lipinski definition) is 1. The van der Waals surface area contributed by atoms with Crippen molar-refractivity contribution in [1.82, 2.24) is 5.32 Å². The Balaban J connectivity index is 1.74. The highest BCUT2D eigenvalue weighted by Crippen LogP contribution is 2.23. The molecule has 0 saturated carbocycles. The maximum Gasteiger partial charge on any atom is 0.220 e. The summed E-state index contributed by atoms with van der Waals surface area (Å²) in [6.07, 6.45) is 1.17. The summed E-state index contributed by atoms with van der Waals surface area (Å²) in [5.41, 5.74) is 2.57. The Kier molecular flexibility index (Phi) is 6.63. The fourth-order valence-corrected chi connectivity index (χ4v) is 2.61. The second kappa shape index (κ2) is 8.70. The number of nitrogens with one attached hydrogen (secondary N) is 1. The van der Waals surface area contributed by atoms with E-state index in [-0.39, 0.29) is 17.4 Å². The van der Waals surface area contributed by atoms with E-state index < -0.39 is 0 Å². The van der Waals surface area contributed by atoms with Gasteiger partial charge < -0.3 is 10.1 Å². The molecule has 2 rings (SSSR count). The van der Waals surface area contributed by atoms with Crippen LogP contribution in [0.5, 0.6) is 5.75 Å². The number of rotatable bonds is 7. The quantitative estimate of drug-likeness (QED) is 0.719. The van der Waals surface area contributed by atoms with Crippen molar-refractivity contribution in [3.8, 4) is 5.75 Å². The fourth-order valence-electron chi connectivity index (χ4n) is 2.61. The molecular weight excluding hydrogens is 310 g/mol. The van der Waals surface area contributed by atoms with Crippen molar-refractivity contribution in [2.45, 2.75) is 52.0 Å². The van der Waals surface area contributed by atoms with Crippen LogP contribution in [0, 0.1) is 0 Å². The van der Waals surface area contributed by atoms with Crippen LogP contribution in [-0.2, 0) is 10.2 Å². The Morgan fingerprint density at radius 2 is 1.68 bits per heavy atom. The van der Waals surface area contributed by atoms with Gasteiger partial charge in [-0.3, -0.25) is 4.79 Å². The minimum absolute atomic E-state index is 0.0107. The van der Waals surface area contributed by atoms with Crippen LogP contribution in [0.2, 0.25) is 0 Å². The lowest BCUT2D eigenvalue weighted by Gasteiger charge is -2.20. The van der Waals surface area contributed by atoms with Crippen LogP contribution in [0.25, 0.3) is 0 Å². The third kappa shape index (κ3) is 6.26. The first-order valence-corrected chi connectivity index (χ1v) is 8.94. The normalized spacial score (nSPS) is 12.5. The van der Waals surface area contributed by atoms with Crippen LogP contribution in [0.1, 0.15) is 57.7 Å². The standard InChI is InChI=1S/C22H29NO2/c1-17(18-12-14-19(15-13-18)22(2,3)4)23-21(24)11-8-16-25-20-9-6-5-7-10-20/h5-7,9-10,12-15,17H,8,11,16H2,1-4H3,(H,23,24)/t17-/m1/s1. The third-order valence-electron chi connectivity index (χ3n) is 4.21. The summed E-state index contributed by atoms with van der Waals surface area (Å²) in [5.74, 6) is 0.902.